The van der Waals surface area contributed by atoms with Gasteiger partial charge in [-0.05, 0) is 25.6 Å². The van der Waals surface area contributed by atoms with Gasteiger partial charge in [0.25, 0.3) is 0 Å². The van der Waals surface area contributed by atoms with Crippen LogP contribution in [0.4, 0.5) is 0 Å². The summed E-state index contributed by atoms with van der Waals surface area (Å²) in [7, 11) is 3.58. The van der Waals surface area contributed by atoms with E-state index in [1.165, 1.54) is 0 Å². The quantitative estimate of drug-likeness (QED) is 0.722. The second-order valence-corrected chi connectivity index (χ2v) is 3.86. The molecule has 4 heteroatoms. The van der Waals surface area contributed by atoms with Crippen molar-refractivity contribution >= 4 is 5.91 Å². The van der Waals surface area contributed by atoms with Crippen molar-refractivity contribution in [3.8, 4) is 5.75 Å². The molecule has 0 saturated carbocycles. The van der Waals surface area contributed by atoms with E-state index < -0.39 is 0 Å². The first-order chi connectivity index (χ1) is 8.24. The number of hydrogen-bond acceptors (Lipinski definition) is 3. The number of likely N-dealkylation sites (N-methyl/N-ethyl adjacent to an activating group) is 2. The maximum atomic E-state index is 11.4. The first-order valence-electron chi connectivity index (χ1n) is 5.80. The number of nitrogens with one attached hydrogen (secondary N) is 1. The van der Waals surface area contributed by atoms with Crippen molar-refractivity contribution in [2.75, 3.05) is 33.8 Å². The lowest BCUT2D eigenvalue weighted by Crippen LogP contribution is -2.35. The fourth-order valence-corrected chi connectivity index (χ4v) is 1.42. The summed E-state index contributed by atoms with van der Waals surface area (Å²) >= 11 is 0. The van der Waals surface area contributed by atoms with Crippen LogP contribution in [0.25, 0.3) is 0 Å². The molecule has 0 aromatic heterocycles. The Kier molecular flexibility index (Phi) is 6.10. The third kappa shape index (κ3) is 5.36. The largest absolute Gasteiger partial charge is 0.494 e. The van der Waals surface area contributed by atoms with Gasteiger partial charge in [0, 0.05) is 13.6 Å². The number of carbonyl (C=O) groups excluding carboxylic acids is 1. The number of amides is 1. The molecule has 94 valence electrons. The molecular weight excluding hydrogens is 216 g/mol. The molecule has 0 saturated heterocycles. The number of rotatable bonds is 7. The fraction of sp³-hybridized carbons (Fsp3) is 0.462. The van der Waals surface area contributed by atoms with Crippen molar-refractivity contribution in [1.29, 1.82) is 0 Å². The third-order valence-electron chi connectivity index (χ3n) is 2.40. The lowest BCUT2D eigenvalue weighted by Gasteiger charge is -2.16. The highest BCUT2D eigenvalue weighted by atomic mass is 16.5. The average Bonchev–Trinajstić information content (AvgIpc) is 2.36. The van der Waals surface area contributed by atoms with E-state index in [-0.39, 0.29) is 5.91 Å². The van der Waals surface area contributed by atoms with Crippen LogP contribution in [0.5, 0.6) is 5.75 Å². The Balaban J connectivity index is 2.14. The highest BCUT2D eigenvalue weighted by Gasteiger charge is 2.06. The van der Waals surface area contributed by atoms with E-state index >= 15 is 0 Å². The molecule has 1 N–H and O–H groups in total. The van der Waals surface area contributed by atoms with Crippen molar-refractivity contribution in [3.05, 3.63) is 30.3 Å². The van der Waals surface area contributed by atoms with Crippen molar-refractivity contribution in [3.63, 3.8) is 0 Å². The molecule has 0 aliphatic carbocycles. The zero-order valence-corrected chi connectivity index (χ0v) is 10.5. The molecule has 1 amide bonds. The maximum absolute atomic E-state index is 11.4. The first kappa shape index (κ1) is 13.5. The fourth-order valence-electron chi connectivity index (χ4n) is 1.42. The van der Waals surface area contributed by atoms with Crippen molar-refractivity contribution in [1.82, 2.24) is 10.2 Å². The standard InChI is InChI=1S/C13H20N2O2/c1-14-11-13(16)15(2)9-6-10-17-12-7-4-3-5-8-12/h3-5,7-8,14H,6,9-11H2,1-2H3. The number of hydrogen-bond donors (Lipinski definition) is 1. The molecule has 0 atom stereocenters. The van der Waals surface area contributed by atoms with Crippen molar-refractivity contribution in [2.24, 2.45) is 0 Å². The maximum Gasteiger partial charge on any atom is 0.236 e. The SMILES string of the molecule is CNCC(=O)N(C)CCCOc1ccccc1. The Morgan fingerprint density at radius 1 is 1.35 bits per heavy atom. The number of para-hydroxylation sites is 1. The summed E-state index contributed by atoms with van der Waals surface area (Å²) in [4.78, 5) is 13.1. The van der Waals surface area contributed by atoms with Gasteiger partial charge in [-0.2, -0.15) is 0 Å². The Morgan fingerprint density at radius 2 is 2.06 bits per heavy atom. The minimum atomic E-state index is 0.104. The molecular formula is C13H20N2O2. The van der Waals surface area contributed by atoms with Gasteiger partial charge in [-0.3, -0.25) is 4.79 Å². The zero-order valence-electron chi connectivity index (χ0n) is 10.5. The van der Waals surface area contributed by atoms with Crippen molar-refractivity contribution < 1.29 is 9.53 Å². The summed E-state index contributed by atoms with van der Waals surface area (Å²) in [6.07, 6.45) is 0.834. The summed E-state index contributed by atoms with van der Waals surface area (Å²) in [6.45, 7) is 1.73. The van der Waals surface area contributed by atoms with E-state index in [1.54, 1.807) is 11.9 Å². The van der Waals surface area contributed by atoms with Gasteiger partial charge < -0.3 is 15.0 Å². The number of nitrogens with zero attached hydrogens (tertiary/aromatic N) is 1. The molecule has 1 aromatic carbocycles. The Hall–Kier alpha value is -1.55. The van der Waals surface area contributed by atoms with Gasteiger partial charge in [-0.1, -0.05) is 18.2 Å². The summed E-state index contributed by atoms with van der Waals surface area (Å²) in [5.74, 6) is 0.976. The van der Waals surface area contributed by atoms with E-state index in [2.05, 4.69) is 5.32 Å². The second-order valence-electron chi connectivity index (χ2n) is 3.86. The number of benzene rings is 1. The lowest BCUT2D eigenvalue weighted by atomic mass is 10.3. The zero-order chi connectivity index (χ0) is 12.5. The summed E-state index contributed by atoms with van der Waals surface area (Å²) < 4.78 is 5.54. The highest BCUT2D eigenvalue weighted by Crippen LogP contribution is 2.08. The molecule has 4 nitrogen and oxygen atoms in total. The molecule has 0 heterocycles. The van der Waals surface area contributed by atoms with Crippen LogP contribution in [0.2, 0.25) is 0 Å². The van der Waals surface area contributed by atoms with E-state index in [4.69, 9.17) is 4.74 Å². The molecule has 1 rings (SSSR count). The monoisotopic (exact) mass is 236 g/mol. The molecule has 0 aliphatic heterocycles. The van der Waals surface area contributed by atoms with Gasteiger partial charge in [0.05, 0.1) is 13.2 Å². The van der Waals surface area contributed by atoms with E-state index in [0.29, 0.717) is 19.7 Å². The minimum absolute atomic E-state index is 0.104. The van der Waals surface area contributed by atoms with Crippen LogP contribution in [-0.2, 0) is 4.79 Å². The van der Waals surface area contributed by atoms with Gasteiger partial charge in [-0.25, -0.2) is 0 Å². The average molecular weight is 236 g/mol. The Labute approximate surface area is 103 Å². The van der Waals surface area contributed by atoms with Gasteiger partial charge in [-0.15, -0.1) is 0 Å². The molecule has 0 spiro atoms. The summed E-state index contributed by atoms with van der Waals surface area (Å²) in [5.41, 5.74) is 0. The first-order valence-corrected chi connectivity index (χ1v) is 5.80. The van der Waals surface area contributed by atoms with Gasteiger partial charge in [0.1, 0.15) is 5.75 Å². The van der Waals surface area contributed by atoms with Crippen LogP contribution in [-0.4, -0.2) is 44.6 Å². The third-order valence-corrected chi connectivity index (χ3v) is 2.40. The Bertz CT molecular complexity index is 327. The molecule has 0 unspecified atom stereocenters. The van der Waals surface area contributed by atoms with Gasteiger partial charge >= 0.3 is 0 Å². The van der Waals surface area contributed by atoms with E-state index in [9.17, 15) is 4.79 Å². The van der Waals surface area contributed by atoms with E-state index in [0.717, 1.165) is 12.2 Å². The second kappa shape index (κ2) is 7.68. The highest BCUT2D eigenvalue weighted by molar-refractivity contribution is 5.77. The van der Waals surface area contributed by atoms with Crippen molar-refractivity contribution in [2.45, 2.75) is 6.42 Å². The van der Waals surface area contributed by atoms with Crippen LogP contribution in [0.15, 0.2) is 30.3 Å². The molecule has 0 fully saturated rings. The number of carbonyl (C=O) groups is 1. The topological polar surface area (TPSA) is 41.6 Å². The summed E-state index contributed by atoms with van der Waals surface area (Å²) in [6, 6.07) is 9.69. The minimum Gasteiger partial charge on any atom is -0.494 e. The predicted octanol–water partition coefficient (Wildman–Crippen LogP) is 1.13. The van der Waals surface area contributed by atoms with Gasteiger partial charge in [0.15, 0.2) is 0 Å². The van der Waals surface area contributed by atoms with Crippen LogP contribution in [0, 0.1) is 0 Å². The summed E-state index contributed by atoms with van der Waals surface area (Å²) in [5, 5.41) is 2.84. The Morgan fingerprint density at radius 3 is 2.71 bits per heavy atom. The molecule has 1 aromatic rings. The van der Waals surface area contributed by atoms with Crippen LogP contribution in [0.1, 0.15) is 6.42 Å². The molecule has 0 radical (unpaired) electrons. The molecule has 0 bridgehead atoms. The predicted molar refractivity (Wildman–Crippen MR) is 68.1 cm³/mol. The number of ether oxygens (including phenoxy) is 1. The van der Waals surface area contributed by atoms with Gasteiger partial charge in [0.2, 0.25) is 5.91 Å². The van der Waals surface area contributed by atoms with E-state index in [1.807, 2.05) is 37.4 Å². The van der Waals surface area contributed by atoms with Crippen LogP contribution < -0.4 is 10.1 Å². The molecule has 17 heavy (non-hydrogen) atoms. The molecule has 0 aliphatic rings. The van der Waals surface area contributed by atoms with Crippen LogP contribution >= 0.6 is 0 Å². The normalized spacial score (nSPS) is 10.0. The van der Waals surface area contributed by atoms with Crippen LogP contribution in [0.3, 0.4) is 0 Å². The lowest BCUT2D eigenvalue weighted by molar-refractivity contribution is -0.128. The smallest absolute Gasteiger partial charge is 0.236 e.